The number of carbonyl (C=O) groups excluding carboxylic acids is 1. The van der Waals surface area contributed by atoms with Gasteiger partial charge in [-0.15, -0.1) is 0 Å². The number of aromatic amines is 1. The number of hydrogen-bond acceptors (Lipinski definition) is 4. The number of esters is 1. The molecule has 1 aromatic carbocycles. The number of rotatable bonds is 5. The van der Waals surface area contributed by atoms with E-state index >= 15 is 0 Å². The Hall–Kier alpha value is -2.57. The number of carbonyl (C=O) groups is 1. The van der Waals surface area contributed by atoms with Crippen molar-refractivity contribution in [3.63, 3.8) is 0 Å². The maximum absolute atomic E-state index is 13.1. The monoisotopic (exact) mass is 425 g/mol. The topological polar surface area (TPSA) is 80.1 Å². The Kier molecular flexibility index (Phi) is 4.52. The summed E-state index contributed by atoms with van der Waals surface area (Å²) in [5, 5.41) is 15.2. The van der Waals surface area contributed by atoms with Crippen LogP contribution in [-0.2, 0) is 4.74 Å². The lowest BCUT2D eigenvalue weighted by Gasteiger charge is -2.41. The number of halogens is 1. The van der Waals surface area contributed by atoms with Crippen molar-refractivity contribution >= 4 is 17.6 Å². The molecule has 0 spiro atoms. The first-order valence-electron chi connectivity index (χ1n) is 10.3. The van der Waals surface area contributed by atoms with Crippen LogP contribution in [0.5, 0.6) is 0 Å². The van der Waals surface area contributed by atoms with E-state index in [2.05, 4.69) is 10.1 Å². The van der Waals surface area contributed by atoms with Crippen molar-refractivity contribution in [2.45, 2.75) is 57.3 Å². The van der Waals surface area contributed by atoms with Gasteiger partial charge < -0.3 is 14.8 Å². The lowest BCUT2D eigenvalue weighted by atomic mass is 9.77. The van der Waals surface area contributed by atoms with Gasteiger partial charge in [0.2, 0.25) is 0 Å². The predicted molar refractivity (Wildman–Crippen MR) is 115 cm³/mol. The molecule has 0 bridgehead atoms. The van der Waals surface area contributed by atoms with E-state index in [1.807, 2.05) is 49.0 Å². The molecule has 156 valence electrons. The second-order valence-electron chi connectivity index (χ2n) is 8.68. The minimum Gasteiger partial charge on any atom is -0.459 e. The van der Waals surface area contributed by atoms with Gasteiger partial charge in [0.25, 0.3) is 0 Å². The molecule has 0 radical (unpaired) electrons. The zero-order valence-corrected chi connectivity index (χ0v) is 17.7. The van der Waals surface area contributed by atoms with Gasteiger partial charge in [-0.1, -0.05) is 29.8 Å². The van der Waals surface area contributed by atoms with Crippen molar-refractivity contribution in [2.24, 2.45) is 0 Å². The van der Waals surface area contributed by atoms with Crippen molar-refractivity contribution < 1.29 is 14.6 Å². The molecule has 2 aliphatic rings. The number of aliphatic hydroxyl groups is 1. The average Bonchev–Trinajstić information content (AvgIpc) is 3.25. The van der Waals surface area contributed by atoms with Crippen LogP contribution >= 0.6 is 11.6 Å². The summed E-state index contributed by atoms with van der Waals surface area (Å²) in [5.74, 6) is -0.345. The van der Waals surface area contributed by atoms with Gasteiger partial charge in [0.1, 0.15) is 6.10 Å². The van der Waals surface area contributed by atoms with Crippen molar-refractivity contribution in [1.82, 2.24) is 14.8 Å². The summed E-state index contributed by atoms with van der Waals surface area (Å²) in [6.45, 7) is 3.83. The summed E-state index contributed by atoms with van der Waals surface area (Å²) in [6, 6.07) is 7.63. The highest BCUT2D eigenvalue weighted by Gasteiger charge is 2.41. The van der Waals surface area contributed by atoms with Crippen LogP contribution in [0, 0.1) is 6.92 Å². The molecule has 3 aromatic rings. The molecule has 0 aliphatic heterocycles. The smallest absolute Gasteiger partial charge is 0.341 e. The second-order valence-corrected chi connectivity index (χ2v) is 9.09. The van der Waals surface area contributed by atoms with E-state index in [0.717, 1.165) is 35.2 Å². The van der Waals surface area contributed by atoms with Crippen molar-refractivity contribution in [3.05, 3.63) is 52.9 Å². The summed E-state index contributed by atoms with van der Waals surface area (Å²) in [7, 11) is 0. The van der Waals surface area contributed by atoms with Crippen molar-refractivity contribution in [1.29, 1.82) is 0 Å². The Morgan fingerprint density at radius 1 is 1.27 bits per heavy atom. The Morgan fingerprint density at radius 3 is 2.67 bits per heavy atom. The van der Waals surface area contributed by atoms with E-state index in [1.54, 1.807) is 6.20 Å². The van der Waals surface area contributed by atoms with Gasteiger partial charge in [0.05, 0.1) is 29.1 Å². The molecule has 2 N–H and O–H groups in total. The molecule has 2 aliphatic carbocycles. The van der Waals surface area contributed by atoms with Crippen LogP contribution in [-0.4, -0.2) is 37.5 Å². The van der Waals surface area contributed by atoms with Crippen LogP contribution in [0.4, 0.5) is 0 Å². The fourth-order valence-electron chi connectivity index (χ4n) is 4.30. The lowest BCUT2D eigenvalue weighted by Crippen LogP contribution is -2.42. The number of nitrogens with zero attached hydrogens (tertiary/aromatic N) is 2. The van der Waals surface area contributed by atoms with E-state index in [0.29, 0.717) is 29.1 Å². The minimum absolute atomic E-state index is 0.000346. The molecule has 0 amide bonds. The van der Waals surface area contributed by atoms with Crippen LogP contribution in [0.1, 0.15) is 54.7 Å². The van der Waals surface area contributed by atoms with E-state index in [1.165, 1.54) is 0 Å². The summed E-state index contributed by atoms with van der Waals surface area (Å²) in [4.78, 5) is 16.4. The Balaban J connectivity index is 1.58. The van der Waals surface area contributed by atoms with Crippen LogP contribution in [0.15, 0.2) is 36.7 Å². The third-order valence-corrected chi connectivity index (χ3v) is 6.39. The van der Waals surface area contributed by atoms with Crippen LogP contribution in [0.2, 0.25) is 5.02 Å². The molecule has 0 unspecified atom stereocenters. The van der Waals surface area contributed by atoms with Gasteiger partial charge in [-0.3, -0.25) is 4.68 Å². The quantitative estimate of drug-likeness (QED) is 0.569. The van der Waals surface area contributed by atoms with E-state index in [9.17, 15) is 9.90 Å². The molecular weight excluding hydrogens is 402 g/mol. The number of benzene rings is 1. The van der Waals surface area contributed by atoms with Gasteiger partial charge >= 0.3 is 5.97 Å². The predicted octanol–water partition coefficient (Wildman–Crippen LogP) is 4.91. The summed E-state index contributed by atoms with van der Waals surface area (Å²) in [6.07, 6.45) is 6.74. The van der Waals surface area contributed by atoms with Crippen molar-refractivity contribution in [3.8, 4) is 22.4 Å². The molecule has 2 aromatic heterocycles. The molecule has 5 rings (SSSR count). The van der Waals surface area contributed by atoms with Gasteiger partial charge in [-0.25, -0.2) is 4.79 Å². The first-order valence-corrected chi connectivity index (χ1v) is 10.7. The number of ether oxygens (including phenoxy) is 1. The zero-order valence-electron chi connectivity index (χ0n) is 17.0. The standard InChI is InChI=1S/C23H24ClN3O3/c1-13-17(12-26-27(13)14-9-23(2,29)10-14)21-20(22(28)30-15-7-8-15)18(11-25-21)16-5-3-4-6-19(16)24/h3-6,11-12,14-15,25,29H,7-10H2,1-2H3. The summed E-state index contributed by atoms with van der Waals surface area (Å²) < 4.78 is 7.61. The molecule has 7 heteroatoms. The highest BCUT2D eigenvalue weighted by atomic mass is 35.5. The Labute approximate surface area is 179 Å². The van der Waals surface area contributed by atoms with Gasteiger partial charge in [-0.2, -0.15) is 5.10 Å². The van der Waals surface area contributed by atoms with Crippen LogP contribution < -0.4 is 0 Å². The highest BCUT2D eigenvalue weighted by Crippen LogP contribution is 2.43. The number of H-pyrrole nitrogens is 1. The largest absolute Gasteiger partial charge is 0.459 e. The summed E-state index contributed by atoms with van der Waals surface area (Å²) >= 11 is 6.43. The SMILES string of the molecule is Cc1c(-c2[nH]cc(-c3ccccc3Cl)c2C(=O)OC2CC2)cnn1C1CC(C)(O)C1. The zero-order chi connectivity index (χ0) is 21.0. The van der Waals surface area contributed by atoms with Crippen molar-refractivity contribution in [2.75, 3.05) is 0 Å². The maximum Gasteiger partial charge on any atom is 0.341 e. The molecule has 6 nitrogen and oxygen atoms in total. The first kappa shape index (κ1) is 19.4. The number of nitrogens with one attached hydrogen (secondary N) is 1. The molecule has 30 heavy (non-hydrogen) atoms. The lowest BCUT2D eigenvalue weighted by molar-refractivity contribution is -0.0548. The molecule has 0 saturated heterocycles. The minimum atomic E-state index is -0.633. The Bertz CT molecular complexity index is 1120. The summed E-state index contributed by atoms with van der Waals surface area (Å²) in [5.41, 5.74) is 3.84. The third kappa shape index (κ3) is 3.34. The molecular formula is C23H24ClN3O3. The van der Waals surface area contributed by atoms with E-state index in [-0.39, 0.29) is 18.1 Å². The third-order valence-electron chi connectivity index (χ3n) is 6.06. The molecule has 0 atom stereocenters. The highest BCUT2D eigenvalue weighted by molar-refractivity contribution is 6.33. The van der Waals surface area contributed by atoms with E-state index in [4.69, 9.17) is 16.3 Å². The molecule has 2 heterocycles. The molecule has 2 fully saturated rings. The second kappa shape index (κ2) is 7.00. The van der Waals surface area contributed by atoms with Gasteiger partial charge in [-0.05, 0) is 45.6 Å². The van der Waals surface area contributed by atoms with Gasteiger partial charge in [0.15, 0.2) is 0 Å². The fraction of sp³-hybridized carbons (Fsp3) is 0.391. The number of hydrogen-bond donors (Lipinski definition) is 2. The van der Waals surface area contributed by atoms with Crippen LogP contribution in [0.3, 0.4) is 0 Å². The Morgan fingerprint density at radius 2 is 2.00 bits per heavy atom. The normalized spacial score (nSPS) is 23.3. The van der Waals surface area contributed by atoms with E-state index < -0.39 is 5.60 Å². The molecule has 2 saturated carbocycles. The van der Waals surface area contributed by atoms with Crippen LogP contribution in [0.25, 0.3) is 22.4 Å². The average molecular weight is 426 g/mol. The maximum atomic E-state index is 13.1. The first-order chi connectivity index (χ1) is 14.3. The number of aromatic nitrogens is 3. The van der Waals surface area contributed by atoms with Gasteiger partial charge in [0, 0.05) is 33.6 Å². The fourth-order valence-corrected chi connectivity index (χ4v) is 4.54.